The van der Waals surface area contributed by atoms with Crippen LogP contribution in [0.1, 0.15) is 27.3 Å². The molecule has 0 spiro atoms. The Morgan fingerprint density at radius 3 is 1.91 bits per heavy atom. The highest BCUT2D eigenvalue weighted by Crippen LogP contribution is 2.36. The smallest absolute Gasteiger partial charge is 0.335 e. The number of aromatic nitrogens is 1. The van der Waals surface area contributed by atoms with Gasteiger partial charge < -0.3 is 44.0 Å². The van der Waals surface area contributed by atoms with Gasteiger partial charge in [-0.1, -0.05) is 0 Å². The van der Waals surface area contributed by atoms with Crippen LogP contribution in [0.3, 0.4) is 0 Å². The zero-order valence-electron chi connectivity index (χ0n) is 30.7. The van der Waals surface area contributed by atoms with E-state index >= 15 is 0 Å². The molecule has 1 atom stereocenters. The van der Waals surface area contributed by atoms with E-state index in [1.54, 1.807) is 24.3 Å². The third-order valence-electron chi connectivity index (χ3n) is 8.48. The van der Waals surface area contributed by atoms with Crippen molar-refractivity contribution >= 4 is 11.8 Å². The molecule has 2 heterocycles. The molecule has 4 rings (SSSR count). The van der Waals surface area contributed by atoms with Gasteiger partial charge in [0.25, 0.3) is 0 Å². The van der Waals surface area contributed by atoms with Crippen LogP contribution in [-0.2, 0) is 29.2 Å². The van der Waals surface area contributed by atoms with Crippen LogP contribution in [0.4, 0.5) is 0 Å². The van der Waals surface area contributed by atoms with Crippen LogP contribution < -0.4 is 29.0 Å². The van der Waals surface area contributed by atoms with Gasteiger partial charge in [0.05, 0.1) is 65.5 Å². The fourth-order valence-corrected chi connectivity index (χ4v) is 5.86. The number of amides is 2. The third kappa shape index (κ3) is 10.2. The summed E-state index contributed by atoms with van der Waals surface area (Å²) < 4.78 is 33.1. The molecule has 1 aliphatic rings. The number of allylic oxidation sites excluding steroid dienone is 1. The second-order valence-electron chi connectivity index (χ2n) is 11.9. The second kappa shape index (κ2) is 19.0. The lowest BCUT2D eigenvalue weighted by molar-refractivity contribution is -0.115. The number of dihydropyridines is 1. The van der Waals surface area contributed by atoms with Gasteiger partial charge in [-0.3, -0.25) is 19.4 Å². The van der Waals surface area contributed by atoms with E-state index in [1.165, 1.54) is 66.9 Å². The molecule has 1 unspecified atom stereocenters. The van der Waals surface area contributed by atoms with Crippen LogP contribution in [0.2, 0.25) is 0 Å². The molecule has 1 aliphatic heterocycles. The molecule has 0 saturated heterocycles. The van der Waals surface area contributed by atoms with E-state index in [-0.39, 0.29) is 67.1 Å². The minimum absolute atomic E-state index is 0.0373. The normalized spacial score (nSPS) is 13.7. The number of aromatic hydroxyl groups is 2. The zero-order valence-corrected chi connectivity index (χ0v) is 30.7. The van der Waals surface area contributed by atoms with Gasteiger partial charge in [-0.2, -0.15) is 0 Å². The fraction of sp³-hybridized carbons (Fsp3) is 0.361. The Kier molecular flexibility index (Phi) is 14.2. The molecule has 1 aromatic heterocycles. The molecular weight excluding hydrogens is 708 g/mol. The van der Waals surface area contributed by atoms with E-state index in [0.29, 0.717) is 46.4 Å². The number of nitroso groups, excluding NO2 is 2. The van der Waals surface area contributed by atoms with Gasteiger partial charge in [0.2, 0.25) is 0 Å². The van der Waals surface area contributed by atoms with Gasteiger partial charge in [-0.25, -0.2) is 4.98 Å². The topological polar surface area (TPSA) is 220 Å². The highest BCUT2D eigenvalue weighted by atomic mass is 16.5. The largest absolute Gasteiger partial charge is 0.508 e. The predicted octanol–water partition coefficient (Wildman–Crippen LogP) is 3.63. The lowest BCUT2D eigenvalue weighted by Gasteiger charge is -2.32. The number of pyridine rings is 1. The predicted molar refractivity (Wildman–Crippen MR) is 194 cm³/mol. The summed E-state index contributed by atoms with van der Waals surface area (Å²) in [5.74, 6) is -0.174. The maximum absolute atomic E-state index is 12.3. The average molecular weight is 751 g/mol. The minimum atomic E-state index is -1.08. The number of nitrogens with zero attached hydrogens (tertiary/aromatic N) is 5. The molecule has 3 N–H and O–H groups in total. The number of nitrogens with one attached hydrogen (secondary N) is 1. The third-order valence-corrected chi connectivity index (χ3v) is 8.48. The highest BCUT2D eigenvalue weighted by Gasteiger charge is 2.26. The van der Waals surface area contributed by atoms with Crippen LogP contribution in [0.5, 0.6) is 40.2 Å². The summed E-state index contributed by atoms with van der Waals surface area (Å²) in [7, 11) is 8.81. The molecule has 0 fully saturated rings. The molecular formula is C36H42N6O12. The Morgan fingerprint density at radius 2 is 1.31 bits per heavy atom. The highest BCUT2D eigenvalue weighted by molar-refractivity contribution is 5.94. The van der Waals surface area contributed by atoms with Crippen LogP contribution in [-0.4, -0.2) is 105 Å². The Labute approximate surface area is 310 Å². The van der Waals surface area contributed by atoms with E-state index in [0.717, 1.165) is 0 Å². The molecule has 2 aromatic carbocycles. The first kappa shape index (κ1) is 40.5. The quantitative estimate of drug-likeness (QED) is 0.149. The van der Waals surface area contributed by atoms with Gasteiger partial charge in [0.15, 0.2) is 0 Å². The average Bonchev–Trinajstić information content (AvgIpc) is 3.19. The first-order chi connectivity index (χ1) is 26.0. The number of carbonyl (C=O) groups is 2. The van der Waals surface area contributed by atoms with Crippen molar-refractivity contribution in [2.75, 3.05) is 62.3 Å². The maximum atomic E-state index is 12.3. The molecule has 2 amide bonds. The van der Waals surface area contributed by atoms with Crippen molar-refractivity contribution < 1.29 is 48.2 Å². The van der Waals surface area contributed by atoms with Crippen LogP contribution >= 0.6 is 0 Å². The van der Waals surface area contributed by atoms with Crippen molar-refractivity contribution in [3.8, 4) is 40.2 Å². The summed E-state index contributed by atoms with van der Waals surface area (Å²) in [6, 6.07) is 8.36. The number of methoxy groups -OCH3 is 6. The van der Waals surface area contributed by atoms with Crippen molar-refractivity contribution in [2.45, 2.75) is 25.7 Å². The number of phenolic OH excluding ortho intramolecular Hbond substituents is 2. The van der Waals surface area contributed by atoms with Gasteiger partial charge in [-0.05, 0) is 6.08 Å². The number of rotatable bonds is 19. The zero-order chi connectivity index (χ0) is 39.4. The fourth-order valence-electron chi connectivity index (χ4n) is 5.86. The van der Waals surface area contributed by atoms with Crippen molar-refractivity contribution in [3.63, 3.8) is 0 Å². The Hall–Kier alpha value is -6.27. The molecule has 288 valence electrons. The van der Waals surface area contributed by atoms with E-state index in [1.807, 2.05) is 9.80 Å². The van der Waals surface area contributed by atoms with E-state index < -0.39 is 17.9 Å². The summed E-state index contributed by atoms with van der Waals surface area (Å²) in [6.45, 7) is 1.20. The van der Waals surface area contributed by atoms with Gasteiger partial charge in [0, 0.05) is 92.1 Å². The maximum Gasteiger partial charge on any atom is 0.335 e. The Morgan fingerprint density at radius 1 is 0.722 bits per heavy atom. The number of hydrogen-bond acceptors (Lipinski definition) is 16. The van der Waals surface area contributed by atoms with Gasteiger partial charge in [0.1, 0.15) is 57.4 Å². The van der Waals surface area contributed by atoms with Crippen molar-refractivity contribution in [2.24, 2.45) is 10.4 Å². The molecule has 3 aromatic rings. The number of ether oxygens (including phenoxy) is 6. The van der Waals surface area contributed by atoms with Crippen molar-refractivity contribution in [1.82, 2.24) is 20.1 Å². The summed E-state index contributed by atoms with van der Waals surface area (Å²) in [5.41, 5.74) is 1.13. The number of carbonyl (C=O) groups excluding carboxylic acids is 2. The standard InChI is InChI=1S/C36H42N6O12/c1-49-24-9-21(37-29(13-24)35(45)39-47)17-41(19-27-31(44)11-23(43)12-32(27)52-4)7-8-42(18-22-10-25(50-2)14-30(38-22)36(46)40-48)20-28-33(53-5)15-26(51-3)16-34(28)54-6/h9-16,22,38,43-44H,7-8,17-20H2,1-6H3. The van der Waals surface area contributed by atoms with Crippen molar-refractivity contribution in [3.05, 3.63) is 92.3 Å². The number of hydrogen-bond donors (Lipinski definition) is 3. The SMILES string of the molecule is COC1=CC(CN(CCN(Cc2cc(OC)cc(C(=O)N=O)n2)Cc2c(O)cc(O)cc2OC)Cc2c(OC)cc(OC)cc2OC)NC(C(=O)N=O)=C1. The molecule has 0 bridgehead atoms. The number of phenols is 2. The number of benzene rings is 2. The van der Waals surface area contributed by atoms with Crippen LogP contribution in [0.15, 0.2) is 70.4 Å². The summed E-state index contributed by atoms with van der Waals surface area (Å²) in [4.78, 5) is 55.1. The monoisotopic (exact) mass is 750 g/mol. The summed E-state index contributed by atoms with van der Waals surface area (Å²) >= 11 is 0. The Balaban J connectivity index is 1.76. The van der Waals surface area contributed by atoms with E-state index in [2.05, 4.69) is 20.7 Å². The Bertz CT molecular complexity index is 1890. The van der Waals surface area contributed by atoms with Gasteiger partial charge >= 0.3 is 11.8 Å². The second-order valence-corrected chi connectivity index (χ2v) is 11.9. The lowest BCUT2D eigenvalue weighted by Crippen LogP contribution is -2.44. The molecule has 0 aliphatic carbocycles. The first-order valence-electron chi connectivity index (χ1n) is 16.4. The van der Waals surface area contributed by atoms with Crippen LogP contribution in [0, 0.1) is 9.81 Å². The summed E-state index contributed by atoms with van der Waals surface area (Å²) in [5, 5.41) is 29.1. The molecule has 0 saturated carbocycles. The van der Waals surface area contributed by atoms with Gasteiger partial charge in [-0.15, -0.1) is 9.81 Å². The van der Waals surface area contributed by atoms with Crippen molar-refractivity contribution in [1.29, 1.82) is 0 Å². The lowest BCUT2D eigenvalue weighted by atomic mass is 10.1. The molecule has 18 nitrogen and oxygen atoms in total. The molecule has 54 heavy (non-hydrogen) atoms. The summed E-state index contributed by atoms with van der Waals surface area (Å²) in [6.07, 6.45) is 3.15. The first-order valence-corrected chi connectivity index (χ1v) is 16.4. The van der Waals surface area contributed by atoms with Crippen LogP contribution in [0.25, 0.3) is 0 Å². The minimum Gasteiger partial charge on any atom is -0.508 e. The van der Waals surface area contributed by atoms with E-state index in [9.17, 15) is 29.6 Å². The molecule has 0 radical (unpaired) electrons. The van der Waals surface area contributed by atoms with E-state index in [4.69, 9.17) is 28.4 Å². The molecule has 18 heteroatoms.